The maximum absolute atomic E-state index is 11.5. The van der Waals surface area contributed by atoms with Crippen LogP contribution in [-0.2, 0) is 0 Å². The second-order valence-corrected chi connectivity index (χ2v) is 21.4. The summed E-state index contributed by atoms with van der Waals surface area (Å²) in [6.07, 6.45) is 40.5. The van der Waals surface area contributed by atoms with Crippen molar-refractivity contribution in [2.45, 2.75) is 237 Å². The minimum absolute atomic E-state index is 0.451. The van der Waals surface area contributed by atoms with Gasteiger partial charge in [-0.3, -0.25) is 0 Å². The van der Waals surface area contributed by atoms with Gasteiger partial charge in [0.25, 0.3) is 0 Å². The van der Waals surface area contributed by atoms with Crippen LogP contribution in [0.2, 0.25) is 0 Å². The minimum atomic E-state index is 0.451. The van der Waals surface area contributed by atoms with Gasteiger partial charge >= 0.3 is 0 Å². The van der Waals surface area contributed by atoms with Crippen LogP contribution in [0, 0.1) is 0 Å². The molecule has 0 heterocycles. The van der Waals surface area contributed by atoms with Crippen LogP contribution in [0.5, 0.6) is 0 Å². The topological polar surface area (TPSA) is 0 Å². The molecule has 0 radical (unpaired) electrons. The summed E-state index contributed by atoms with van der Waals surface area (Å²) >= 11 is 2.70. The van der Waals surface area contributed by atoms with Crippen LogP contribution >= 0.6 is 72.9 Å². The van der Waals surface area contributed by atoms with Gasteiger partial charge in [0.2, 0.25) is 0 Å². The van der Waals surface area contributed by atoms with E-state index in [-0.39, 0.29) is 0 Å². The van der Waals surface area contributed by atoms with Gasteiger partial charge in [0.1, 0.15) is 0 Å². The van der Waals surface area contributed by atoms with Gasteiger partial charge in [0.05, 0.1) is 0 Å². The molecule has 0 aliphatic carbocycles. The zero-order valence-electron chi connectivity index (χ0n) is 44.4. The van der Waals surface area contributed by atoms with Crippen molar-refractivity contribution in [1.82, 2.24) is 0 Å². The molecule has 12 heteroatoms. The van der Waals surface area contributed by atoms with E-state index < -0.39 is 0 Å². The van der Waals surface area contributed by atoms with Crippen molar-refractivity contribution in [2.24, 2.45) is 0 Å². The van der Waals surface area contributed by atoms with E-state index in [1.807, 2.05) is 0 Å². The molecule has 396 valence electrons. The fourth-order valence-corrected chi connectivity index (χ4v) is 7.09. The molecule has 0 bridgehead atoms. The van der Waals surface area contributed by atoms with E-state index in [2.05, 4.69) is 120 Å². The Morgan fingerprint density at radius 3 is 0.424 bits per heavy atom. The molecule has 66 heavy (non-hydrogen) atoms. The van der Waals surface area contributed by atoms with Crippen LogP contribution in [0.4, 0.5) is 23.3 Å². The summed E-state index contributed by atoms with van der Waals surface area (Å²) in [6.45, 7) is 25.3. The van der Waals surface area contributed by atoms with Gasteiger partial charge in [-0.15, -0.1) is 0 Å². The van der Waals surface area contributed by atoms with Crippen molar-refractivity contribution in [1.29, 1.82) is 0 Å². The van der Waals surface area contributed by atoms with Gasteiger partial charge in [-0.25, -0.2) is 0 Å². The van der Waals surface area contributed by atoms with Gasteiger partial charge in [0.15, 0.2) is 0 Å². The van der Waals surface area contributed by atoms with Crippen molar-refractivity contribution < 1.29 is 23.3 Å². The first-order valence-corrected chi connectivity index (χ1v) is 30.2. The standard InChI is InChI=1S/6C9H17FS/c6*1-9(2)7-5-3-4-6-8-11-10/h6*7H,3-6,8H2,1-2H3. The lowest BCUT2D eigenvalue weighted by Gasteiger charge is -1.95. The van der Waals surface area contributed by atoms with Crippen LogP contribution in [0.1, 0.15) is 237 Å². The first kappa shape index (κ1) is 77.6. The summed E-state index contributed by atoms with van der Waals surface area (Å²) in [5, 5.41) is 0. The van der Waals surface area contributed by atoms with E-state index in [4.69, 9.17) is 0 Å². The first-order valence-electron chi connectivity index (χ1n) is 24.8. The fraction of sp³-hybridized carbons (Fsp3) is 0.778. The summed E-state index contributed by atoms with van der Waals surface area (Å²) in [6, 6.07) is 0. The van der Waals surface area contributed by atoms with Gasteiger partial charge in [-0.2, -0.15) is 23.3 Å². The number of rotatable bonds is 36. The molecule has 0 aromatic carbocycles. The van der Waals surface area contributed by atoms with E-state index >= 15 is 0 Å². The number of halogens is 6. The molecule has 0 saturated carbocycles. The highest BCUT2D eigenvalue weighted by atomic mass is 32.2. The van der Waals surface area contributed by atoms with E-state index in [9.17, 15) is 23.3 Å². The third kappa shape index (κ3) is 110. The van der Waals surface area contributed by atoms with Crippen molar-refractivity contribution in [3.63, 3.8) is 0 Å². The van der Waals surface area contributed by atoms with Gasteiger partial charge in [-0.05, 0) is 199 Å². The van der Waals surface area contributed by atoms with Crippen molar-refractivity contribution in [3.05, 3.63) is 69.9 Å². The average Bonchev–Trinajstić information content (AvgIpc) is 3.26. The summed E-state index contributed by atoms with van der Waals surface area (Å²) in [5.41, 5.74) is 8.28. The second-order valence-electron chi connectivity index (χ2n) is 17.7. The molecule has 0 amide bonds. The lowest BCUT2D eigenvalue weighted by atomic mass is 10.1. The molecule has 0 nitrogen and oxygen atoms in total. The third-order valence-corrected chi connectivity index (χ3v) is 11.5. The molecule has 0 unspecified atom stereocenters. The first-order chi connectivity index (χ1) is 31.6. The zero-order chi connectivity index (χ0) is 51.2. The molecular weight excluding hydrogens is 955 g/mol. The molecule has 0 saturated heterocycles. The molecule has 0 aromatic rings. The van der Waals surface area contributed by atoms with Crippen molar-refractivity contribution >= 4 is 72.9 Å². The highest BCUT2D eigenvalue weighted by Gasteiger charge is 1.92. The second kappa shape index (κ2) is 74.1. The molecule has 0 aliphatic rings. The monoisotopic (exact) mass is 1060 g/mol. The molecule has 0 rings (SSSR count). The molecular formula is C54H102F6S6. The van der Waals surface area contributed by atoms with Crippen molar-refractivity contribution in [2.75, 3.05) is 34.5 Å². The summed E-state index contributed by atoms with van der Waals surface area (Å²) < 4.78 is 69.2. The van der Waals surface area contributed by atoms with Gasteiger partial charge in [-0.1, -0.05) is 108 Å². The lowest BCUT2D eigenvalue weighted by molar-refractivity contribution is 0.728. The molecule has 0 aromatic heterocycles. The van der Waals surface area contributed by atoms with E-state index in [0.29, 0.717) is 107 Å². The quantitative estimate of drug-likeness (QED) is 0.0346. The predicted octanol–water partition coefficient (Wildman–Crippen LogP) is 24.8. The Morgan fingerprint density at radius 1 is 0.212 bits per heavy atom. The highest BCUT2D eigenvalue weighted by molar-refractivity contribution is 7.95. The predicted molar refractivity (Wildman–Crippen MR) is 309 cm³/mol. The number of hydrogen-bond donors (Lipinski definition) is 0. The highest BCUT2D eigenvalue weighted by Crippen LogP contribution is 2.13. The Kier molecular flexibility index (Phi) is 87.1. The molecule has 0 N–H and O–H groups in total. The Morgan fingerprint density at radius 2 is 0.333 bits per heavy atom. The zero-order valence-corrected chi connectivity index (χ0v) is 49.3. The molecule has 0 atom stereocenters. The SMILES string of the molecule is CC(C)=CCCCCCSF.CC(C)=CCCCCCSF.CC(C)=CCCCCCSF.CC(C)=CCCCCCSF.CC(C)=CCCCCCSF.CC(C)=CCCCCCSF. The van der Waals surface area contributed by atoms with E-state index in [1.54, 1.807) is 0 Å². The Balaban J connectivity index is -0.000000164. The lowest BCUT2D eigenvalue weighted by Crippen LogP contribution is -1.78. The van der Waals surface area contributed by atoms with Crippen LogP contribution < -0.4 is 0 Å². The van der Waals surface area contributed by atoms with Crippen molar-refractivity contribution in [3.8, 4) is 0 Å². The Bertz CT molecular complexity index is 854. The van der Waals surface area contributed by atoms with Crippen LogP contribution in [0.25, 0.3) is 0 Å². The minimum Gasteiger partial charge on any atom is -0.165 e. The van der Waals surface area contributed by atoms with Crippen LogP contribution in [0.15, 0.2) is 69.9 Å². The largest absolute Gasteiger partial charge is 0.165 e. The third-order valence-electron chi connectivity index (χ3n) is 8.87. The Hall–Kier alpha value is 0.120. The maximum Gasteiger partial charge on any atom is 0.0443 e. The fourth-order valence-electron chi connectivity index (χ4n) is 5.21. The summed E-state index contributed by atoms with van der Waals surface area (Å²) in [7, 11) is 0. The number of unbranched alkanes of at least 4 members (excludes halogenated alkanes) is 18. The average molecular weight is 1060 g/mol. The summed E-state index contributed by atoms with van der Waals surface area (Å²) in [4.78, 5) is 0. The Labute approximate surface area is 434 Å². The van der Waals surface area contributed by atoms with E-state index in [0.717, 1.165) is 116 Å². The van der Waals surface area contributed by atoms with E-state index in [1.165, 1.54) is 72.0 Å². The normalized spacial score (nSPS) is 9.73. The van der Waals surface area contributed by atoms with Gasteiger partial charge < -0.3 is 0 Å². The maximum atomic E-state index is 11.5. The van der Waals surface area contributed by atoms with Gasteiger partial charge in [0, 0.05) is 107 Å². The number of allylic oxidation sites excluding steroid dienone is 12. The van der Waals surface area contributed by atoms with Crippen LogP contribution in [-0.4, -0.2) is 34.5 Å². The summed E-state index contributed by atoms with van der Waals surface area (Å²) in [5.74, 6) is 3.97. The molecule has 0 fully saturated rings. The number of hydrogen-bond acceptors (Lipinski definition) is 6. The molecule has 0 aliphatic heterocycles. The molecule has 0 spiro atoms. The smallest absolute Gasteiger partial charge is 0.0443 e. The van der Waals surface area contributed by atoms with Crippen LogP contribution in [0.3, 0.4) is 0 Å².